The predicted molar refractivity (Wildman–Crippen MR) is 109 cm³/mol. The molecule has 3 aromatic rings. The smallest absolute Gasteiger partial charge is 0.328 e. The van der Waals surface area contributed by atoms with Gasteiger partial charge in [-0.1, -0.05) is 42.5 Å². The van der Waals surface area contributed by atoms with Crippen LogP contribution < -0.4 is 9.46 Å². The molecule has 3 aromatic carbocycles. The first-order valence-corrected chi connectivity index (χ1v) is 10.5. The van der Waals surface area contributed by atoms with Crippen molar-refractivity contribution in [3.8, 4) is 5.75 Å². The Labute approximate surface area is 174 Å². The minimum atomic E-state index is -3.94. The largest absolute Gasteiger partial charge is 0.489 e. The van der Waals surface area contributed by atoms with Crippen molar-refractivity contribution in [1.82, 2.24) is 4.72 Å². The van der Waals surface area contributed by atoms with Gasteiger partial charge < -0.3 is 9.47 Å². The van der Waals surface area contributed by atoms with Gasteiger partial charge in [0.15, 0.2) is 0 Å². The highest BCUT2D eigenvalue weighted by Gasteiger charge is 2.28. The molecule has 0 amide bonds. The zero-order valence-electron chi connectivity index (χ0n) is 16.1. The number of nitrogens with one attached hydrogen (secondary N) is 1. The van der Waals surface area contributed by atoms with Crippen molar-refractivity contribution in [2.75, 3.05) is 7.11 Å². The van der Waals surface area contributed by atoms with Crippen molar-refractivity contribution in [3.05, 3.63) is 95.8 Å². The number of sulfonamides is 1. The summed E-state index contributed by atoms with van der Waals surface area (Å²) in [7, 11) is -2.75. The van der Waals surface area contributed by atoms with Crippen LogP contribution in [0.3, 0.4) is 0 Å². The van der Waals surface area contributed by atoms with E-state index in [0.717, 1.165) is 5.56 Å². The SMILES string of the molecule is COC(=O)C(NS(=O)(=O)c1ccccc1)c1ccc(OCc2ccc(F)cc2)cc1. The van der Waals surface area contributed by atoms with Gasteiger partial charge in [-0.2, -0.15) is 4.72 Å². The zero-order chi connectivity index (χ0) is 21.6. The highest BCUT2D eigenvalue weighted by molar-refractivity contribution is 7.89. The predicted octanol–water partition coefficient (Wildman–Crippen LogP) is 3.60. The number of methoxy groups -OCH3 is 1. The number of halogens is 1. The summed E-state index contributed by atoms with van der Waals surface area (Å²) >= 11 is 0. The lowest BCUT2D eigenvalue weighted by molar-refractivity contribution is -0.142. The Bertz CT molecular complexity index is 1080. The molecule has 0 fully saturated rings. The average Bonchev–Trinajstić information content (AvgIpc) is 2.77. The number of ether oxygens (including phenoxy) is 2. The van der Waals surface area contributed by atoms with E-state index in [1.54, 1.807) is 54.6 Å². The van der Waals surface area contributed by atoms with Crippen LogP contribution >= 0.6 is 0 Å². The first kappa shape index (κ1) is 21.5. The number of carbonyl (C=O) groups is 1. The van der Waals surface area contributed by atoms with Gasteiger partial charge in [0.05, 0.1) is 12.0 Å². The van der Waals surface area contributed by atoms with Gasteiger partial charge in [0.2, 0.25) is 10.0 Å². The van der Waals surface area contributed by atoms with Gasteiger partial charge in [-0.15, -0.1) is 0 Å². The van der Waals surface area contributed by atoms with Crippen LogP contribution in [0.2, 0.25) is 0 Å². The minimum absolute atomic E-state index is 0.0400. The van der Waals surface area contributed by atoms with E-state index in [1.165, 1.54) is 31.4 Å². The first-order chi connectivity index (χ1) is 14.4. The Morgan fingerprint density at radius 3 is 2.20 bits per heavy atom. The summed E-state index contributed by atoms with van der Waals surface area (Å²) in [5, 5.41) is 0. The second kappa shape index (κ2) is 9.51. The summed E-state index contributed by atoms with van der Waals surface area (Å²) in [4.78, 5) is 12.3. The summed E-state index contributed by atoms with van der Waals surface area (Å²) in [5.41, 5.74) is 1.19. The third-order valence-corrected chi connectivity index (χ3v) is 5.73. The van der Waals surface area contributed by atoms with Gasteiger partial charge in [0, 0.05) is 0 Å². The molecule has 0 saturated carbocycles. The number of hydrogen-bond donors (Lipinski definition) is 1. The van der Waals surface area contributed by atoms with Crippen LogP contribution in [0.25, 0.3) is 0 Å². The summed E-state index contributed by atoms with van der Waals surface area (Å²) in [5.74, 6) is -0.554. The second-order valence-electron chi connectivity index (χ2n) is 6.37. The molecule has 0 aliphatic heterocycles. The molecule has 1 unspecified atom stereocenters. The van der Waals surface area contributed by atoms with E-state index in [-0.39, 0.29) is 17.3 Å². The number of benzene rings is 3. The maximum absolute atomic E-state index is 13.0. The van der Waals surface area contributed by atoms with Gasteiger partial charge >= 0.3 is 5.97 Å². The van der Waals surface area contributed by atoms with Gasteiger partial charge in [-0.05, 0) is 47.5 Å². The Kier molecular flexibility index (Phi) is 6.81. The lowest BCUT2D eigenvalue weighted by Gasteiger charge is -2.17. The molecule has 156 valence electrons. The molecule has 0 saturated heterocycles. The van der Waals surface area contributed by atoms with Crippen LogP contribution in [0.4, 0.5) is 4.39 Å². The van der Waals surface area contributed by atoms with Gasteiger partial charge in [0.1, 0.15) is 24.2 Å². The maximum atomic E-state index is 13.0. The molecule has 0 bridgehead atoms. The fraction of sp³-hybridized carbons (Fsp3) is 0.136. The van der Waals surface area contributed by atoms with E-state index in [0.29, 0.717) is 11.3 Å². The molecule has 0 aromatic heterocycles. The minimum Gasteiger partial charge on any atom is -0.489 e. The summed E-state index contributed by atoms with van der Waals surface area (Å²) in [6.07, 6.45) is 0. The quantitative estimate of drug-likeness (QED) is 0.554. The molecule has 8 heteroatoms. The van der Waals surface area contributed by atoms with Crippen molar-refractivity contribution in [1.29, 1.82) is 0 Å². The van der Waals surface area contributed by atoms with Crippen LogP contribution in [-0.4, -0.2) is 21.5 Å². The number of carbonyl (C=O) groups excluding carboxylic acids is 1. The van der Waals surface area contributed by atoms with E-state index in [9.17, 15) is 17.6 Å². The van der Waals surface area contributed by atoms with Crippen LogP contribution in [0.1, 0.15) is 17.2 Å². The van der Waals surface area contributed by atoms with Crippen molar-refractivity contribution in [2.45, 2.75) is 17.5 Å². The zero-order valence-corrected chi connectivity index (χ0v) is 16.9. The molecule has 0 aliphatic carbocycles. The average molecular weight is 429 g/mol. The molecule has 0 spiro atoms. The van der Waals surface area contributed by atoms with E-state index >= 15 is 0 Å². The van der Waals surface area contributed by atoms with Crippen molar-refractivity contribution >= 4 is 16.0 Å². The number of rotatable bonds is 8. The number of hydrogen-bond acceptors (Lipinski definition) is 5. The first-order valence-electron chi connectivity index (χ1n) is 9.01. The standard InChI is InChI=1S/C22H20FNO5S/c1-28-22(25)21(24-30(26,27)20-5-3-2-4-6-20)17-9-13-19(14-10-17)29-15-16-7-11-18(23)12-8-16/h2-14,21,24H,15H2,1H3. The molecular formula is C22H20FNO5S. The molecule has 6 nitrogen and oxygen atoms in total. The second-order valence-corrected chi connectivity index (χ2v) is 8.09. The fourth-order valence-electron chi connectivity index (χ4n) is 2.70. The van der Waals surface area contributed by atoms with Crippen molar-refractivity contribution in [2.24, 2.45) is 0 Å². The molecule has 0 radical (unpaired) electrons. The Hall–Kier alpha value is -3.23. The molecule has 0 heterocycles. The highest BCUT2D eigenvalue weighted by atomic mass is 32.2. The fourth-order valence-corrected chi connectivity index (χ4v) is 3.89. The van der Waals surface area contributed by atoms with Crippen LogP contribution in [0.5, 0.6) is 5.75 Å². The van der Waals surface area contributed by atoms with Crippen molar-refractivity contribution in [3.63, 3.8) is 0 Å². The topological polar surface area (TPSA) is 81.7 Å². The molecule has 1 atom stereocenters. The Morgan fingerprint density at radius 2 is 1.60 bits per heavy atom. The monoisotopic (exact) mass is 429 g/mol. The van der Waals surface area contributed by atoms with Gasteiger partial charge in [0.25, 0.3) is 0 Å². The van der Waals surface area contributed by atoms with Crippen LogP contribution in [0, 0.1) is 5.82 Å². The van der Waals surface area contributed by atoms with E-state index in [1.807, 2.05) is 0 Å². The molecule has 3 rings (SSSR count). The Balaban J connectivity index is 1.74. The molecule has 0 aliphatic rings. The summed E-state index contributed by atoms with van der Waals surface area (Å²) in [6, 6.07) is 18.9. The molecule has 30 heavy (non-hydrogen) atoms. The normalized spacial score (nSPS) is 12.2. The van der Waals surface area contributed by atoms with Crippen LogP contribution in [0.15, 0.2) is 83.8 Å². The lowest BCUT2D eigenvalue weighted by atomic mass is 10.1. The Morgan fingerprint density at radius 1 is 0.967 bits per heavy atom. The summed E-state index contributed by atoms with van der Waals surface area (Å²) < 4.78 is 51.0. The maximum Gasteiger partial charge on any atom is 0.328 e. The van der Waals surface area contributed by atoms with Crippen molar-refractivity contribution < 1.29 is 27.1 Å². The molecule has 1 N–H and O–H groups in total. The van der Waals surface area contributed by atoms with Gasteiger partial charge in [-0.25, -0.2) is 17.6 Å². The summed E-state index contributed by atoms with van der Waals surface area (Å²) in [6.45, 7) is 0.237. The third-order valence-electron chi connectivity index (χ3n) is 4.30. The van der Waals surface area contributed by atoms with Gasteiger partial charge in [-0.3, -0.25) is 0 Å². The van der Waals surface area contributed by atoms with E-state index < -0.39 is 22.0 Å². The van der Waals surface area contributed by atoms with E-state index in [4.69, 9.17) is 9.47 Å². The van der Waals surface area contributed by atoms with E-state index in [2.05, 4.69) is 4.72 Å². The number of esters is 1. The lowest BCUT2D eigenvalue weighted by Crippen LogP contribution is -2.34. The van der Waals surface area contributed by atoms with Crippen LogP contribution in [-0.2, 0) is 26.2 Å². The third kappa shape index (κ3) is 5.43. The molecular weight excluding hydrogens is 409 g/mol. The highest BCUT2D eigenvalue weighted by Crippen LogP contribution is 2.22.